The lowest BCUT2D eigenvalue weighted by molar-refractivity contribution is 0.0921. The third-order valence-corrected chi connectivity index (χ3v) is 9.66. The number of carbonyl (C=O) groups is 4. The summed E-state index contributed by atoms with van der Waals surface area (Å²) in [6, 6.07) is 26.8. The van der Waals surface area contributed by atoms with Crippen molar-refractivity contribution >= 4 is 29.5 Å². The Labute approximate surface area is 366 Å². The molecular weight excluding hydrogens is 825 g/mol. The van der Waals surface area contributed by atoms with Crippen molar-refractivity contribution in [1.29, 1.82) is 5.26 Å². The number of rotatable bonds is 13. The first-order valence-electron chi connectivity index (χ1n) is 19.6. The molecular formula is C46H43F2N11O5. The van der Waals surface area contributed by atoms with Gasteiger partial charge < -0.3 is 32.2 Å². The summed E-state index contributed by atoms with van der Waals surface area (Å²) in [5.74, 6) is -2.53. The van der Waals surface area contributed by atoms with Gasteiger partial charge in [-0.25, -0.2) is 28.7 Å². The average molecular weight is 868 g/mol. The van der Waals surface area contributed by atoms with Crippen LogP contribution in [0.3, 0.4) is 0 Å². The minimum Gasteiger partial charge on any atom is -0.409 e. The predicted octanol–water partition coefficient (Wildman–Crippen LogP) is 5.66. The molecule has 2 heterocycles. The number of halogens is 2. The van der Waals surface area contributed by atoms with Crippen LogP contribution in [0.1, 0.15) is 112 Å². The zero-order valence-electron chi connectivity index (χ0n) is 35.1. The van der Waals surface area contributed by atoms with Crippen molar-refractivity contribution in [2.24, 2.45) is 10.9 Å². The molecule has 2 atom stereocenters. The maximum absolute atomic E-state index is 13.4. The van der Waals surface area contributed by atoms with Gasteiger partial charge in [-0.05, 0) is 85.3 Å². The molecule has 6 aromatic rings. The highest BCUT2D eigenvalue weighted by atomic mass is 19.1. The van der Waals surface area contributed by atoms with Crippen LogP contribution in [0.25, 0.3) is 0 Å². The second kappa shape index (κ2) is 21.9. The van der Waals surface area contributed by atoms with E-state index in [1.54, 1.807) is 100 Å². The van der Waals surface area contributed by atoms with Crippen LogP contribution >= 0.6 is 0 Å². The highest BCUT2D eigenvalue weighted by Gasteiger charge is 2.18. The van der Waals surface area contributed by atoms with Crippen molar-refractivity contribution in [1.82, 2.24) is 41.2 Å². The molecule has 4 amide bonds. The van der Waals surface area contributed by atoms with Crippen LogP contribution in [0.2, 0.25) is 0 Å². The Morgan fingerprint density at radius 2 is 1.03 bits per heavy atom. The number of hydrogen-bond donors (Lipinski definition) is 6. The lowest BCUT2D eigenvalue weighted by atomic mass is 10.1. The molecule has 0 radical (unpaired) electrons. The molecule has 0 fully saturated rings. The fraction of sp³-hybridized carbons (Fsp3) is 0.174. The summed E-state index contributed by atoms with van der Waals surface area (Å²) in [7, 11) is 0. The second-order valence-electron chi connectivity index (χ2n) is 14.3. The number of aryl methyl sites for hydroxylation is 2. The van der Waals surface area contributed by atoms with Crippen LogP contribution in [0.15, 0.2) is 115 Å². The van der Waals surface area contributed by atoms with E-state index in [4.69, 9.17) is 16.2 Å². The fourth-order valence-electron chi connectivity index (χ4n) is 5.95. The van der Waals surface area contributed by atoms with Gasteiger partial charge in [-0.3, -0.25) is 19.2 Å². The van der Waals surface area contributed by atoms with Gasteiger partial charge in [0, 0.05) is 30.8 Å². The number of nitrogens with two attached hydrogens (primary N) is 1. The first kappa shape index (κ1) is 46.6. The molecule has 0 bridgehead atoms. The quantitative estimate of drug-likeness (QED) is 0.0358. The average Bonchev–Trinajstić information content (AvgIpc) is 3.32. The van der Waals surface area contributed by atoms with Crippen LogP contribution in [0, 0.1) is 36.8 Å². The van der Waals surface area contributed by atoms with Crippen molar-refractivity contribution in [2.45, 2.75) is 52.9 Å². The number of amides is 4. The summed E-state index contributed by atoms with van der Waals surface area (Å²) in [4.78, 5) is 65.8. The summed E-state index contributed by atoms with van der Waals surface area (Å²) in [5.41, 5.74) is 10.9. The maximum atomic E-state index is 13.4. The molecule has 18 heteroatoms. The molecule has 0 aliphatic carbocycles. The van der Waals surface area contributed by atoms with Crippen LogP contribution in [0.5, 0.6) is 0 Å². The molecule has 0 saturated heterocycles. The lowest BCUT2D eigenvalue weighted by Crippen LogP contribution is -2.29. The Bertz CT molecular complexity index is 2730. The summed E-state index contributed by atoms with van der Waals surface area (Å²) in [6.45, 7) is 7.26. The molecule has 0 saturated carbocycles. The summed E-state index contributed by atoms with van der Waals surface area (Å²) in [5, 5.41) is 31.6. The number of amidine groups is 1. The van der Waals surface area contributed by atoms with Gasteiger partial charge in [0.2, 0.25) is 0 Å². The van der Waals surface area contributed by atoms with E-state index in [2.05, 4.69) is 46.4 Å². The van der Waals surface area contributed by atoms with E-state index in [-0.39, 0.29) is 65.4 Å². The second-order valence-corrected chi connectivity index (χ2v) is 14.3. The Kier molecular flexibility index (Phi) is 15.9. The van der Waals surface area contributed by atoms with Crippen molar-refractivity contribution in [3.63, 3.8) is 0 Å². The molecule has 326 valence electrons. The molecule has 6 rings (SSSR count). The van der Waals surface area contributed by atoms with Gasteiger partial charge in [0.25, 0.3) is 23.6 Å². The standard InChI is InChI=1S/C23H23FN6O3.C23H20FN5O2/c1-13-9-15(3-8-18(13)24)11-26-22(31)19-10-20(28-12-27-19)23(32)29-14(2)16-4-6-17(7-5-16)21(25)30-33;1-14-9-17(5-8-19(14)24)12-26-22(30)20-10-21(28-13-27-20)23(31)29-15(2)18-6-3-16(11-25)4-7-18/h3-10,12,14,33H,11H2,1-2H3,(H2,25,30)(H,26,31)(H,29,32);3-10,13,15H,12H2,1-2H3,(H,26,30)(H,29,31)/t14-;15-/m00/s1. The van der Waals surface area contributed by atoms with Crippen LogP contribution in [0.4, 0.5) is 8.78 Å². The first-order chi connectivity index (χ1) is 30.6. The summed E-state index contributed by atoms with van der Waals surface area (Å²) in [6.07, 6.45) is 2.29. The van der Waals surface area contributed by atoms with Gasteiger partial charge in [0.05, 0.1) is 23.7 Å². The zero-order chi connectivity index (χ0) is 46.3. The van der Waals surface area contributed by atoms with Crippen LogP contribution in [-0.4, -0.2) is 54.6 Å². The molecule has 2 aromatic heterocycles. The molecule has 16 nitrogen and oxygen atoms in total. The number of nitrogens with zero attached hydrogens (tertiary/aromatic N) is 6. The largest absolute Gasteiger partial charge is 0.409 e. The third-order valence-electron chi connectivity index (χ3n) is 9.66. The molecule has 0 unspecified atom stereocenters. The third kappa shape index (κ3) is 12.8. The van der Waals surface area contributed by atoms with Crippen LogP contribution in [-0.2, 0) is 13.1 Å². The molecule has 0 aliphatic heterocycles. The molecule has 7 N–H and O–H groups in total. The first-order valence-corrected chi connectivity index (χ1v) is 19.6. The monoisotopic (exact) mass is 867 g/mol. The van der Waals surface area contributed by atoms with Gasteiger partial charge in [0.1, 0.15) is 47.1 Å². The Hall–Kier alpha value is -8.46. The topological polar surface area (TPSA) is 250 Å². The van der Waals surface area contributed by atoms with Crippen molar-refractivity contribution in [3.8, 4) is 6.07 Å². The number of aromatic nitrogens is 4. The van der Waals surface area contributed by atoms with Gasteiger partial charge in [0.15, 0.2) is 5.84 Å². The van der Waals surface area contributed by atoms with Gasteiger partial charge in [-0.2, -0.15) is 5.26 Å². The van der Waals surface area contributed by atoms with E-state index < -0.39 is 23.6 Å². The maximum Gasteiger partial charge on any atom is 0.270 e. The zero-order valence-corrected chi connectivity index (χ0v) is 35.1. The highest BCUT2D eigenvalue weighted by Crippen LogP contribution is 2.16. The molecule has 0 aliphatic rings. The number of oxime groups is 1. The number of carbonyl (C=O) groups excluding carboxylic acids is 4. The van der Waals surface area contributed by atoms with Crippen LogP contribution < -0.4 is 27.0 Å². The number of nitrogens with one attached hydrogen (secondary N) is 4. The Morgan fingerprint density at radius 1 is 0.641 bits per heavy atom. The predicted molar refractivity (Wildman–Crippen MR) is 231 cm³/mol. The minimum absolute atomic E-state index is 0.0143. The van der Waals surface area contributed by atoms with Gasteiger partial charge >= 0.3 is 0 Å². The van der Waals surface area contributed by atoms with Gasteiger partial charge in [-0.1, -0.05) is 65.8 Å². The lowest BCUT2D eigenvalue weighted by Gasteiger charge is -2.14. The smallest absolute Gasteiger partial charge is 0.270 e. The number of nitriles is 1. The van der Waals surface area contributed by atoms with Crippen molar-refractivity contribution < 1.29 is 33.2 Å². The Balaban J connectivity index is 0.000000241. The Morgan fingerprint density at radius 3 is 1.41 bits per heavy atom. The number of benzene rings is 4. The van der Waals surface area contributed by atoms with E-state index in [0.717, 1.165) is 34.9 Å². The summed E-state index contributed by atoms with van der Waals surface area (Å²) < 4.78 is 26.7. The molecule has 64 heavy (non-hydrogen) atoms. The van der Waals surface area contributed by atoms with Gasteiger partial charge in [-0.15, -0.1) is 0 Å². The van der Waals surface area contributed by atoms with E-state index in [9.17, 15) is 28.0 Å². The van der Waals surface area contributed by atoms with E-state index in [1.807, 2.05) is 6.07 Å². The molecule has 0 spiro atoms. The van der Waals surface area contributed by atoms with E-state index >= 15 is 0 Å². The van der Waals surface area contributed by atoms with Crippen molar-refractivity contribution in [3.05, 3.63) is 189 Å². The van der Waals surface area contributed by atoms with E-state index in [1.165, 1.54) is 24.3 Å². The van der Waals surface area contributed by atoms with E-state index in [0.29, 0.717) is 22.3 Å². The molecule has 4 aromatic carbocycles. The summed E-state index contributed by atoms with van der Waals surface area (Å²) >= 11 is 0. The number of hydrogen-bond acceptors (Lipinski definition) is 11. The SMILES string of the molecule is Cc1cc(CNC(=O)c2cc(C(=O)N[C@@H](C)c3ccc(/C(N)=N/O)cc3)ncn2)ccc1F.Cc1cc(CNC(=O)c2cc(C(=O)N[C@@H](C)c3ccc(C#N)cc3)ncn2)ccc1F. The highest BCUT2D eigenvalue weighted by molar-refractivity contribution is 5.98. The fourth-order valence-corrected chi connectivity index (χ4v) is 5.95. The minimum atomic E-state index is -0.486. The van der Waals surface area contributed by atoms with Crippen molar-refractivity contribution in [2.75, 3.05) is 0 Å². The normalized spacial score (nSPS) is 11.7.